The molecule has 61 heavy (non-hydrogen) atoms. The van der Waals surface area contributed by atoms with Crippen LogP contribution >= 0.6 is 11.8 Å². The van der Waals surface area contributed by atoms with E-state index in [1.165, 1.54) is 6.08 Å². The normalized spacial score (nSPS) is 12.3. The predicted molar refractivity (Wildman–Crippen MR) is 228 cm³/mol. The molecule has 0 saturated carbocycles. The van der Waals surface area contributed by atoms with Gasteiger partial charge in [0.1, 0.15) is 24.2 Å². The summed E-state index contributed by atoms with van der Waals surface area (Å²) in [5.41, 5.74) is 7.43. The third kappa shape index (κ3) is 15.9. The smallest absolute Gasteiger partial charge is 0.303 e. The van der Waals surface area contributed by atoms with E-state index in [1.807, 2.05) is 55.7 Å². The highest BCUT2D eigenvalue weighted by Crippen LogP contribution is 2.41. The van der Waals surface area contributed by atoms with Crippen LogP contribution in [0, 0.1) is 17.0 Å². The lowest BCUT2D eigenvalue weighted by molar-refractivity contribution is -0.139. The number of nitrogens with zero attached hydrogens (tertiary/aromatic N) is 3. The molecule has 0 unspecified atom stereocenters. The maximum atomic E-state index is 15.2. The van der Waals surface area contributed by atoms with Crippen LogP contribution in [0.3, 0.4) is 0 Å². The molecule has 0 saturated heterocycles. The van der Waals surface area contributed by atoms with Crippen LogP contribution in [0.25, 0.3) is 11.1 Å². The van der Waals surface area contributed by atoms with Gasteiger partial charge in [0, 0.05) is 61.4 Å². The summed E-state index contributed by atoms with van der Waals surface area (Å²) >= 11 is 1.06. The van der Waals surface area contributed by atoms with Crippen molar-refractivity contribution >= 4 is 53.7 Å². The number of carbonyl (C=O) groups excluding carboxylic acids is 6. The molecule has 1 heterocycles. The lowest BCUT2D eigenvalue weighted by Gasteiger charge is -2.41. The third-order valence-corrected chi connectivity index (χ3v) is 10.2. The lowest BCUT2D eigenvalue weighted by Crippen LogP contribution is -2.50. The van der Waals surface area contributed by atoms with Crippen molar-refractivity contribution in [2.24, 2.45) is 11.1 Å². The van der Waals surface area contributed by atoms with Crippen LogP contribution in [-0.2, 0) is 40.1 Å². The standard InChI is InChI=1S/C43H55F2N7O8S/c1-5-10-38(56)51(28-53)25-37(55)47-18-19-48-42(60)34(49-36(54)15-16-40(58)59)26-61-27-39(57)52(20-9-17-46)41(43(2,3)4)35-21-30(32-22-31(44)13-14-33(32)45)24-50(35)23-29-11-7-6-8-12-29/h5-8,10-14,21-22,24,28,34,41H,9,15-20,23,25-27,46H2,1-4H3,(H,47,55)(H,48,60)(H,49,54)(H,58,59)/b10-5-/t34-,41-/m0/s1. The molecule has 0 aliphatic heterocycles. The molecule has 0 aliphatic rings. The lowest BCUT2D eigenvalue weighted by atomic mass is 9.83. The van der Waals surface area contributed by atoms with Crippen LogP contribution < -0.4 is 21.7 Å². The number of aromatic nitrogens is 1. The van der Waals surface area contributed by atoms with E-state index >= 15 is 4.39 Å². The molecule has 0 spiro atoms. The zero-order valence-electron chi connectivity index (χ0n) is 34.8. The molecule has 0 bridgehead atoms. The number of allylic oxidation sites excluding steroid dienone is 1. The second kappa shape index (κ2) is 24.4. The van der Waals surface area contributed by atoms with Crippen LogP contribution in [0.1, 0.15) is 64.3 Å². The Labute approximate surface area is 358 Å². The van der Waals surface area contributed by atoms with Crippen LogP contribution in [0.15, 0.2) is 72.9 Å². The summed E-state index contributed by atoms with van der Waals surface area (Å²) < 4.78 is 31.5. The first kappa shape index (κ1) is 49.5. The second-order valence-corrected chi connectivity index (χ2v) is 16.2. The van der Waals surface area contributed by atoms with Crippen molar-refractivity contribution in [3.05, 3.63) is 95.8 Å². The fourth-order valence-corrected chi connectivity index (χ4v) is 7.34. The van der Waals surface area contributed by atoms with Gasteiger partial charge in [-0.1, -0.05) is 57.2 Å². The molecular formula is C43H55F2N7O8S. The first-order chi connectivity index (χ1) is 29.0. The number of thioether (sulfide) groups is 1. The summed E-state index contributed by atoms with van der Waals surface area (Å²) in [6.45, 7) is 7.61. The maximum absolute atomic E-state index is 15.2. The Kier molecular flexibility index (Phi) is 19.8. The first-order valence-corrected chi connectivity index (χ1v) is 20.8. The van der Waals surface area contributed by atoms with Crippen molar-refractivity contribution in [1.82, 2.24) is 30.3 Å². The molecule has 15 nitrogen and oxygen atoms in total. The van der Waals surface area contributed by atoms with Gasteiger partial charge in [0.25, 0.3) is 5.91 Å². The fraction of sp³-hybridized carbons (Fsp3) is 0.419. The summed E-state index contributed by atoms with van der Waals surface area (Å²) in [5.74, 6) is -5.70. The van der Waals surface area contributed by atoms with Gasteiger partial charge in [-0.05, 0) is 61.2 Å². The zero-order valence-corrected chi connectivity index (χ0v) is 35.6. The Balaban J connectivity index is 1.85. The zero-order chi connectivity index (χ0) is 45.1. The van der Waals surface area contributed by atoms with E-state index in [4.69, 9.17) is 10.8 Å². The maximum Gasteiger partial charge on any atom is 0.303 e. The van der Waals surface area contributed by atoms with Crippen LogP contribution in [-0.4, -0.2) is 112 Å². The quantitative estimate of drug-likeness (QED) is 0.0501. The molecule has 2 atom stereocenters. The molecule has 2 aromatic carbocycles. The Morgan fingerprint density at radius 1 is 0.967 bits per heavy atom. The molecule has 0 radical (unpaired) electrons. The van der Waals surface area contributed by atoms with Crippen molar-refractivity contribution in [3.8, 4) is 11.1 Å². The van der Waals surface area contributed by atoms with Gasteiger partial charge in [-0.25, -0.2) is 8.78 Å². The number of benzene rings is 2. The Bertz CT molecular complexity index is 2020. The highest BCUT2D eigenvalue weighted by Gasteiger charge is 2.37. The van der Waals surface area contributed by atoms with E-state index in [0.29, 0.717) is 29.1 Å². The number of carboxylic acid groups (broad SMARTS) is 1. The number of rotatable bonds is 24. The molecule has 0 fully saturated rings. The highest BCUT2D eigenvalue weighted by molar-refractivity contribution is 8.00. The van der Waals surface area contributed by atoms with Gasteiger partial charge in [-0.15, -0.1) is 11.8 Å². The fourth-order valence-electron chi connectivity index (χ4n) is 6.41. The Hall–Kier alpha value is -5.88. The van der Waals surface area contributed by atoms with Gasteiger partial charge in [-0.2, -0.15) is 0 Å². The summed E-state index contributed by atoms with van der Waals surface area (Å²) in [4.78, 5) is 89.3. The number of halogens is 2. The SMILES string of the molecule is C/C=C\C(=O)N(C=O)CC(=O)NCCNC(=O)[C@H](CSCC(=O)N(CCCN)[C@@H](c1cc(-c2cc(F)ccc2F)cn1Cc1ccccc1)C(C)(C)C)NC(=O)CCC(=O)O. The van der Waals surface area contributed by atoms with Crippen LogP contribution in [0.5, 0.6) is 0 Å². The minimum absolute atomic E-state index is 0.0642. The van der Waals surface area contributed by atoms with E-state index in [9.17, 15) is 38.0 Å². The Morgan fingerprint density at radius 2 is 1.67 bits per heavy atom. The van der Waals surface area contributed by atoms with Gasteiger partial charge in [0.15, 0.2) is 0 Å². The number of amides is 6. The number of imide groups is 1. The molecular weight excluding hydrogens is 813 g/mol. The minimum Gasteiger partial charge on any atom is -0.481 e. The van der Waals surface area contributed by atoms with Crippen molar-refractivity contribution < 1.29 is 47.4 Å². The topological polar surface area (TPSA) is 213 Å². The molecule has 330 valence electrons. The second-order valence-electron chi connectivity index (χ2n) is 15.1. The first-order valence-electron chi connectivity index (χ1n) is 19.7. The number of hydrogen-bond acceptors (Lipinski definition) is 9. The predicted octanol–water partition coefficient (Wildman–Crippen LogP) is 3.62. The van der Waals surface area contributed by atoms with Gasteiger partial charge < -0.3 is 36.3 Å². The summed E-state index contributed by atoms with van der Waals surface area (Å²) in [7, 11) is 0. The molecule has 6 N–H and O–H groups in total. The van der Waals surface area contributed by atoms with Gasteiger partial charge >= 0.3 is 5.97 Å². The number of hydrogen-bond donors (Lipinski definition) is 5. The van der Waals surface area contributed by atoms with E-state index in [0.717, 1.165) is 41.6 Å². The van der Waals surface area contributed by atoms with E-state index < -0.39 is 78.1 Å². The Morgan fingerprint density at radius 3 is 2.31 bits per heavy atom. The van der Waals surface area contributed by atoms with E-state index in [-0.39, 0.29) is 55.6 Å². The number of nitrogens with one attached hydrogen (secondary N) is 3. The van der Waals surface area contributed by atoms with Crippen molar-refractivity contribution in [1.29, 1.82) is 0 Å². The molecule has 0 aliphatic carbocycles. The van der Waals surface area contributed by atoms with Gasteiger partial charge in [0.05, 0.1) is 18.2 Å². The summed E-state index contributed by atoms with van der Waals surface area (Å²) in [6, 6.07) is 12.7. The highest BCUT2D eigenvalue weighted by atomic mass is 32.2. The summed E-state index contributed by atoms with van der Waals surface area (Å²) in [6.07, 6.45) is 4.07. The molecule has 6 amide bonds. The van der Waals surface area contributed by atoms with Crippen molar-refractivity contribution in [2.75, 3.05) is 44.2 Å². The average Bonchev–Trinajstić information content (AvgIpc) is 3.61. The largest absolute Gasteiger partial charge is 0.481 e. The van der Waals surface area contributed by atoms with Gasteiger partial charge in [0.2, 0.25) is 30.0 Å². The molecule has 18 heteroatoms. The van der Waals surface area contributed by atoms with Crippen LogP contribution in [0.4, 0.5) is 8.78 Å². The van der Waals surface area contributed by atoms with Crippen LogP contribution in [0.2, 0.25) is 0 Å². The van der Waals surface area contributed by atoms with E-state index in [2.05, 4.69) is 16.0 Å². The van der Waals surface area contributed by atoms with Crippen molar-refractivity contribution in [2.45, 2.75) is 65.6 Å². The third-order valence-electron chi connectivity index (χ3n) is 9.21. The number of carboxylic acids is 1. The van der Waals surface area contributed by atoms with Crippen molar-refractivity contribution in [3.63, 3.8) is 0 Å². The number of nitrogens with two attached hydrogens (primary N) is 1. The minimum atomic E-state index is -1.21. The van der Waals surface area contributed by atoms with Gasteiger partial charge in [-0.3, -0.25) is 38.5 Å². The molecule has 3 aromatic rings. The number of carbonyl (C=O) groups is 7. The average molecular weight is 868 g/mol. The van der Waals surface area contributed by atoms with E-state index in [1.54, 1.807) is 24.1 Å². The summed E-state index contributed by atoms with van der Waals surface area (Å²) in [5, 5.41) is 16.7. The molecule has 1 aromatic heterocycles. The number of aliphatic carboxylic acids is 1. The molecule has 3 rings (SSSR count). The monoisotopic (exact) mass is 867 g/mol.